The van der Waals surface area contributed by atoms with Crippen molar-refractivity contribution in [3.8, 4) is 0 Å². The maximum atomic E-state index is 12.0. The highest BCUT2D eigenvalue weighted by atomic mass is 35.5. The van der Waals surface area contributed by atoms with Crippen LogP contribution in [-0.4, -0.2) is 44.2 Å². The van der Waals surface area contributed by atoms with Crippen molar-refractivity contribution >= 4 is 22.4 Å². The molecule has 0 amide bonds. The first-order valence-electron chi connectivity index (χ1n) is 5.42. The molecule has 0 unspecified atom stereocenters. The largest absolute Gasteiger partial charge is 0.312 e. The lowest BCUT2D eigenvalue weighted by atomic mass is 10.0. The van der Waals surface area contributed by atoms with E-state index in [0.29, 0.717) is 13.1 Å². The van der Waals surface area contributed by atoms with Crippen LogP contribution in [0.3, 0.4) is 0 Å². The monoisotopic (exact) mass is 270 g/mol. The second kappa shape index (κ2) is 5.67. The van der Waals surface area contributed by atoms with Gasteiger partial charge < -0.3 is 5.32 Å². The Morgan fingerprint density at radius 2 is 1.94 bits per heavy atom. The van der Waals surface area contributed by atoms with Gasteiger partial charge in [-0.3, -0.25) is 0 Å². The Hall–Kier alpha value is 0.160. The summed E-state index contributed by atoms with van der Waals surface area (Å²) in [7, 11) is -3.08. The van der Waals surface area contributed by atoms with Gasteiger partial charge in [0.25, 0.3) is 0 Å². The van der Waals surface area contributed by atoms with E-state index in [1.54, 1.807) is 4.31 Å². The van der Waals surface area contributed by atoms with Gasteiger partial charge in [0.1, 0.15) is 0 Å². The zero-order valence-corrected chi connectivity index (χ0v) is 12.1. The number of halogens is 1. The average molecular weight is 271 g/mol. The molecule has 0 aromatic rings. The predicted octanol–water partition coefficient (Wildman–Crippen LogP) is 1.08. The lowest BCUT2D eigenvalue weighted by Gasteiger charge is -2.33. The third-order valence-corrected chi connectivity index (χ3v) is 4.69. The molecular formula is C10H23ClN2O2S. The molecule has 16 heavy (non-hydrogen) atoms. The van der Waals surface area contributed by atoms with E-state index in [1.165, 1.54) is 0 Å². The number of hydrogen-bond donors (Lipinski definition) is 1. The first-order chi connectivity index (χ1) is 6.71. The molecule has 0 radical (unpaired) electrons. The van der Waals surface area contributed by atoms with Crippen LogP contribution in [0.4, 0.5) is 0 Å². The highest BCUT2D eigenvalue weighted by Gasteiger charge is 2.30. The van der Waals surface area contributed by atoms with E-state index in [1.807, 2.05) is 27.7 Å². The summed E-state index contributed by atoms with van der Waals surface area (Å²) in [6, 6.07) is 0.258. The number of sulfonamides is 1. The Balaban J connectivity index is 0.00000225. The molecule has 0 aliphatic carbocycles. The number of nitrogens with one attached hydrogen (secondary N) is 1. The molecule has 98 valence electrons. The van der Waals surface area contributed by atoms with Gasteiger partial charge in [0.05, 0.1) is 5.75 Å². The van der Waals surface area contributed by atoms with E-state index in [2.05, 4.69) is 5.32 Å². The van der Waals surface area contributed by atoms with Gasteiger partial charge >= 0.3 is 0 Å². The van der Waals surface area contributed by atoms with Crippen LogP contribution in [-0.2, 0) is 10.0 Å². The third kappa shape index (κ3) is 4.99. The molecule has 1 atom stereocenters. The molecule has 1 heterocycles. The average Bonchev–Trinajstić information content (AvgIpc) is 1.99. The summed E-state index contributed by atoms with van der Waals surface area (Å²) >= 11 is 0. The Kier molecular flexibility index (Phi) is 5.72. The summed E-state index contributed by atoms with van der Waals surface area (Å²) in [6.07, 6.45) is 0. The van der Waals surface area contributed by atoms with Crippen molar-refractivity contribution in [1.29, 1.82) is 0 Å². The molecule has 1 saturated heterocycles. The standard InChI is InChI=1S/C10H22N2O2S.ClH/c1-9-7-12(6-5-11-9)15(13,14)8-10(2,3)4;/h9,11H,5-8H2,1-4H3;1H/t9-;/m0./s1. The molecule has 0 aromatic heterocycles. The van der Waals surface area contributed by atoms with Gasteiger partial charge in [-0.05, 0) is 12.3 Å². The fourth-order valence-electron chi connectivity index (χ4n) is 1.79. The fourth-order valence-corrected chi connectivity index (χ4v) is 3.89. The van der Waals surface area contributed by atoms with E-state index in [0.717, 1.165) is 6.54 Å². The Morgan fingerprint density at radius 3 is 2.38 bits per heavy atom. The van der Waals surface area contributed by atoms with E-state index in [9.17, 15) is 8.42 Å². The molecule has 6 heteroatoms. The molecule has 1 rings (SSSR count). The zero-order valence-electron chi connectivity index (χ0n) is 10.5. The summed E-state index contributed by atoms with van der Waals surface area (Å²) < 4.78 is 25.7. The predicted molar refractivity (Wildman–Crippen MR) is 69.5 cm³/mol. The summed E-state index contributed by atoms with van der Waals surface area (Å²) in [5.41, 5.74) is -0.174. The molecule has 1 fully saturated rings. The molecule has 0 bridgehead atoms. The number of piperazine rings is 1. The molecule has 1 aliphatic rings. The Bertz CT molecular complexity index is 311. The molecule has 1 N–H and O–H groups in total. The van der Waals surface area contributed by atoms with Crippen molar-refractivity contribution in [2.24, 2.45) is 5.41 Å². The summed E-state index contributed by atoms with van der Waals surface area (Å²) in [5.74, 6) is 0.229. The lowest BCUT2D eigenvalue weighted by molar-refractivity contribution is 0.304. The van der Waals surface area contributed by atoms with Crippen molar-refractivity contribution in [2.75, 3.05) is 25.4 Å². The van der Waals surface area contributed by atoms with Crippen LogP contribution < -0.4 is 5.32 Å². The van der Waals surface area contributed by atoms with Gasteiger partial charge in [-0.2, -0.15) is 4.31 Å². The van der Waals surface area contributed by atoms with Crippen LogP contribution >= 0.6 is 12.4 Å². The number of nitrogens with zero attached hydrogens (tertiary/aromatic N) is 1. The molecular weight excluding hydrogens is 248 g/mol. The van der Waals surface area contributed by atoms with Crippen LogP contribution in [0.2, 0.25) is 0 Å². The van der Waals surface area contributed by atoms with E-state index < -0.39 is 10.0 Å². The normalized spacial score (nSPS) is 23.9. The minimum absolute atomic E-state index is 0. The van der Waals surface area contributed by atoms with Crippen LogP contribution in [0.1, 0.15) is 27.7 Å². The van der Waals surface area contributed by atoms with E-state index in [-0.39, 0.29) is 29.6 Å². The first-order valence-corrected chi connectivity index (χ1v) is 7.03. The van der Waals surface area contributed by atoms with Crippen LogP contribution in [0, 0.1) is 5.41 Å². The second-order valence-electron chi connectivity index (χ2n) is 5.53. The number of hydrogen-bond acceptors (Lipinski definition) is 3. The highest BCUT2D eigenvalue weighted by molar-refractivity contribution is 7.89. The molecule has 4 nitrogen and oxygen atoms in total. The summed E-state index contributed by atoms with van der Waals surface area (Å²) in [6.45, 7) is 9.83. The fraction of sp³-hybridized carbons (Fsp3) is 1.00. The van der Waals surface area contributed by atoms with Gasteiger partial charge in [0, 0.05) is 25.7 Å². The minimum atomic E-state index is -3.08. The van der Waals surface area contributed by atoms with Crippen molar-refractivity contribution in [1.82, 2.24) is 9.62 Å². The highest BCUT2D eigenvalue weighted by Crippen LogP contribution is 2.19. The van der Waals surface area contributed by atoms with Gasteiger partial charge in [-0.15, -0.1) is 12.4 Å². The summed E-state index contributed by atoms with van der Waals surface area (Å²) in [4.78, 5) is 0. The van der Waals surface area contributed by atoms with E-state index in [4.69, 9.17) is 0 Å². The number of rotatable bonds is 2. The van der Waals surface area contributed by atoms with Crippen LogP contribution in [0.25, 0.3) is 0 Å². The smallest absolute Gasteiger partial charge is 0.214 e. The quantitative estimate of drug-likeness (QED) is 0.817. The SMILES string of the molecule is C[C@H]1CN(S(=O)(=O)CC(C)(C)C)CCN1.Cl. The second-order valence-corrected chi connectivity index (χ2v) is 7.50. The topological polar surface area (TPSA) is 49.4 Å². The third-order valence-electron chi connectivity index (χ3n) is 2.34. The van der Waals surface area contributed by atoms with Gasteiger partial charge in [0.15, 0.2) is 0 Å². The Labute approximate surface area is 105 Å². The maximum Gasteiger partial charge on any atom is 0.214 e. The van der Waals surface area contributed by atoms with Gasteiger partial charge in [0.2, 0.25) is 10.0 Å². The van der Waals surface area contributed by atoms with Crippen LogP contribution in [0.5, 0.6) is 0 Å². The van der Waals surface area contributed by atoms with Crippen molar-refractivity contribution < 1.29 is 8.42 Å². The van der Waals surface area contributed by atoms with Crippen molar-refractivity contribution in [3.63, 3.8) is 0 Å². The van der Waals surface area contributed by atoms with Gasteiger partial charge in [-0.25, -0.2) is 8.42 Å². The summed E-state index contributed by atoms with van der Waals surface area (Å²) in [5, 5.41) is 3.24. The van der Waals surface area contributed by atoms with E-state index >= 15 is 0 Å². The minimum Gasteiger partial charge on any atom is -0.312 e. The molecule has 0 saturated carbocycles. The molecule has 0 spiro atoms. The van der Waals surface area contributed by atoms with Gasteiger partial charge in [-0.1, -0.05) is 20.8 Å². The lowest BCUT2D eigenvalue weighted by Crippen LogP contribution is -2.52. The first kappa shape index (κ1) is 16.2. The zero-order chi connectivity index (χ0) is 11.7. The molecule has 0 aromatic carbocycles. The molecule has 1 aliphatic heterocycles. The van der Waals surface area contributed by atoms with Crippen molar-refractivity contribution in [2.45, 2.75) is 33.7 Å². The maximum absolute atomic E-state index is 12.0. The Morgan fingerprint density at radius 1 is 1.38 bits per heavy atom. The van der Waals surface area contributed by atoms with Crippen molar-refractivity contribution in [3.05, 3.63) is 0 Å². The van der Waals surface area contributed by atoms with Crippen LogP contribution in [0.15, 0.2) is 0 Å².